The van der Waals surface area contributed by atoms with Crippen LogP contribution in [0.25, 0.3) is 0 Å². The first-order chi connectivity index (χ1) is 8.72. The van der Waals surface area contributed by atoms with Crippen molar-refractivity contribution in [1.82, 2.24) is 4.90 Å². The number of rotatable bonds is 3. The lowest BCUT2D eigenvalue weighted by Gasteiger charge is -2.31. The van der Waals surface area contributed by atoms with E-state index in [9.17, 15) is 4.79 Å². The molecule has 2 N–H and O–H groups in total. The third-order valence-corrected chi connectivity index (χ3v) is 3.16. The summed E-state index contributed by atoms with van der Waals surface area (Å²) in [5.74, 6) is 0.679. The molecular formula is C14H21ClN2O2. The molecule has 0 bridgehead atoms. The first-order valence-corrected chi connectivity index (χ1v) is 6.49. The predicted octanol–water partition coefficient (Wildman–Crippen LogP) is 2.07. The van der Waals surface area contributed by atoms with Gasteiger partial charge >= 0.3 is 0 Å². The van der Waals surface area contributed by atoms with Crippen LogP contribution in [0.2, 0.25) is 0 Å². The van der Waals surface area contributed by atoms with Gasteiger partial charge in [0.25, 0.3) is 5.91 Å². The molecule has 0 unspecified atom stereocenters. The Labute approximate surface area is 120 Å². The Hall–Kier alpha value is -1.26. The molecule has 2 rings (SSSR count). The van der Waals surface area contributed by atoms with Crippen LogP contribution in [-0.2, 0) is 0 Å². The van der Waals surface area contributed by atoms with Crippen molar-refractivity contribution in [1.29, 1.82) is 0 Å². The average molecular weight is 285 g/mol. The fourth-order valence-electron chi connectivity index (χ4n) is 2.29. The Morgan fingerprint density at radius 2 is 2.21 bits per heavy atom. The van der Waals surface area contributed by atoms with Gasteiger partial charge in [0.05, 0.1) is 12.2 Å². The van der Waals surface area contributed by atoms with Gasteiger partial charge in [-0.3, -0.25) is 4.79 Å². The number of hydrogen-bond donors (Lipinski definition) is 1. The molecule has 1 aromatic carbocycles. The third-order valence-electron chi connectivity index (χ3n) is 3.16. The fraction of sp³-hybridized carbons (Fsp3) is 0.500. The van der Waals surface area contributed by atoms with Crippen molar-refractivity contribution in [3.8, 4) is 5.75 Å². The zero-order chi connectivity index (χ0) is 13.0. The second-order valence-corrected chi connectivity index (χ2v) is 4.58. The molecule has 1 amide bonds. The molecule has 1 aromatic rings. The highest BCUT2D eigenvalue weighted by Gasteiger charge is 2.24. The topological polar surface area (TPSA) is 55.6 Å². The van der Waals surface area contributed by atoms with Gasteiger partial charge in [-0.1, -0.05) is 12.1 Å². The second kappa shape index (κ2) is 7.36. The van der Waals surface area contributed by atoms with Crippen molar-refractivity contribution in [2.45, 2.75) is 25.8 Å². The number of likely N-dealkylation sites (tertiary alicyclic amines) is 1. The van der Waals surface area contributed by atoms with E-state index in [1.54, 1.807) is 0 Å². The summed E-state index contributed by atoms with van der Waals surface area (Å²) in [6.07, 6.45) is 1.97. The van der Waals surface area contributed by atoms with Crippen LogP contribution in [-0.4, -0.2) is 36.5 Å². The molecule has 1 heterocycles. The third kappa shape index (κ3) is 3.85. The summed E-state index contributed by atoms with van der Waals surface area (Å²) in [5, 5.41) is 0. The molecule has 1 atom stereocenters. The number of nitrogens with two attached hydrogens (primary N) is 1. The highest BCUT2D eigenvalue weighted by atomic mass is 35.5. The molecule has 1 aliphatic heterocycles. The van der Waals surface area contributed by atoms with Gasteiger partial charge in [0.1, 0.15) is 5.75 Å². The number of carbonyl (C=O) groups is 1. The van der Waals surface area contributed by atoms with E-state index in [0.29, 0.717) is 24.5 Å². The molecule has 0 aliphatic carbocycles. The number of nitrogens with zero attached hydrogens (tertiary/aromatic N) is 1. The van der Waals surface area contributed by atoms with Crippen LogP contribution in [0.1, 0.15) is 30.1 Å². The molecule has 0 spiro atoms. The van der Waals surface area contributed by atoms with E-state index in [1.165, 1.54) is 0 Å². The van der Waals surface area contributed by atoms with Crippen LogP contribution in [0.3, 0.4) is 0 Å². The van der Waals surface area contributed by atoms with E-state index >= 15 is 0 Å². The summed E-state index contributed by atoms with van der Waals surface area (Å²) >= 11 is 0. The van der Waals surface area contributed by atoms with Crippen molar-refractivity contribution in [2.24, 2.45) is 5.73 Å². The molecule has 4 nitrogen and oxygen atoms in total. The van der Waals surface area contributed by atoms with E-state index < -0.39 is 0 Å². The Balaban J connectivity index is 0.00000180. The van der Waals surface area contributed by atoms with Crippen molar-refractivity contribution < 1.29 is 9.53 Å². The zero-order valence-electron chi connectivity index (χ0n) is 11.2. The van der Waals surface area contributed by atoms with E-state index in [4.69, 9.17) is 10.5 Å². The minimum Gasteiger partial charge on any atom is -0.493 e. The Bertz CT molecular complexity index is 426. The highest BCUT2D eigenvalue weighted by molar-refractivity contribution is 5.97. The molecule has 5 heteroatoms. The van der Waals surface area contributed by atoms with Gasteiger partial charge in [-0.25, -0.2) is 0 Å². The van der Waals surface area contributed by atoms with Crippen LogP contribution < -0.4 is 10.5 Å². The molecule has 0 saturated carbocycles. The number of amides is 1. The molecule has 0 radical (unpaired) electrons. The SMILES string of the molecule is CCOc1ccccc1C(=O)N1CCC[C@@H](N)C1.Cl. The summed E-state index contributed by atoms with van der Waals surface area (Å²) in [6, 6.07) is 7.49. The fourth-order valence-corrected chi connectivity index (χ4v) is 2.29. The number of hydrogen-bond acceptors (Lipinski definition) is 3. The minimum absolute atomic E-state index is 0. The normalized spacial score (nSPS) is 18.6. The second-order valence-electron chi connectivity index (χ2n) is 4.58. The largest absolute Gasteiger partial charge is 0.493 e. The van der Waals surface area contributed by atoms with Gasteiger partial charge < -0.3 is 15.4 Å². The van der Waals surface area contributed by atoms with Gasteiger partial charge in [0.2, 0.25) is 0 Å². The Morgan fingerprint density at radius 1 is 1.47 bits per heavy atom. The molecule has 1 fully saturated rings. The smallest absolute Gasteiger partial charge is 0.257 e. The lowest BCUT2D eigenvalue weighted by Crippen LogP contribution is -2.45. The maximum atomic E-state index is 12.4. The minimum atomic E-state index is 0. The number of carbonyl (C=O) groups excluding carboxylic acids is 1. The van der Waals surface area contributed by atoms with Crippen LogP contribution in [0.15, 0.2) is 24.3 Å². The maximum Gasteiger partial charge on any atom is 0.257 e. The predicted molar refractivity (Wildman–Crippen MR) is 78.0 cm³/mol. The number of benzene rings is 1. The van der Waals surface area contributed by atoms with E-state index in [0.717, 1.165) is 19.4 Å². The summed E-state index contributed by atoms with van der Waals surface area (Å²) in [4.78, 5) is 14.3. The zero-order valence-corrected chi connectivity index (χ0v) is 12.0. The quantitative estimate of drug-likeness (QED) is 0.924. The summed E-state index contributed by atoms with van der Waals surface area (Å²) in [5.41, 5.74) is 6.55. The Morgan fingerprint density at radius 3 is 2.89 bits per heavy atom. The van der Waals surface area contributed by atoms with Crippen molar-refractivity contribution in [3.05, 3.63) is 29.8 Å². The summed E-state index contributed by atoms with van der Waals surface area (Å²) in [6.45, 7) is 3.90. The summed E-state index contributed by atoms with van der Waals surface area (Å²) < 4.78 is 5.50. The van der Waals surface area contributed by atoms with Crippen LogP contribution >= 0.6 is 12.4 Å². The van der Waals surface area contributed by atoms with Gasteiger partial charge in [0.15, 0.2) is 0 Å². The number of ether oxygens (including phenoxy) is 1. The number of para-hydroxylation sites is 1. The monoisotopic (exact) mass is 284 g/mol. The maximum absolute atomic E-state index is 12.4. The van der Waals surface area contributed by atoms with Gasteiger partial charge in [-0.05, 0) is 31.9 Å². The highest BCUT2D eigenvalue weighted by Crippen LogP contribution is 2.21. The van der Waals surface area contributed by atoms with Crippen molar-refractivity contribution in [3.63, 3.8) is 0 Å². The summed E-state index contributed by atoms with van der Waals surface area (Å²) in [7, 11) is 0. The Kier molecular flexibility index (Phi) is 6.12. The lowest BCUT2D eigenvalue weighted by atomic mass is 10.0. The van der Waals surface area contributed by atoms with E-state index in [-0.39, 0.29) is 24.4 Å². The van der Waals surface area contributed by atoms with Crippen molar-refractivity contribution in [2.75, 3.05) is 19.7 Å². The van der Waals surface area contributed by atoms with Crippen LogP contribution in [0, 0.1) is 0 Å². The van der Waals surface area contributed by atoms with Crippen LogP contribution in [0.4, 0.5) is 0 Å². The molecule has 19 heavy (non-hydrogen) atoms. The van der Waals surface area contributed by atoms with Gasteiger partial charge in [-0.15, -0.1) is 12.4 Å². The van der Waals surface area contributed by atoms with Gasteiger partial charge in [-0.2, -0.15) is 0 Å². The molecule has 1 aliphatic rings. The standard InChI is InChI=1S/C14H20N2O2.ClH/c1-2-18-13-8-4-3-7-12(13)14(17)16-9-5-6-11(15)10-16;/h3-4,7-8,11H,2,5-6,9-10,15H2,1H3;1H/t11-;/m1./s1. The number of halogens is 1. The van der Waals surface area contributed by atoms with Crippen LogP contribution in [0.5, 0.6) is 5.75 Å². The molecular weight excluding hydrogens is 264 g/mol. The molecule has 1 saturated heterocycles. The van der Waals surface area contributed by atoms with E-state index in [1.807, 2.05) is 36.1 Å². The van der Waals surface area contributed by atoms with Crippen molar-refractivity contribution >= 4 is 18.3 Å². The lowest BCUT2D eigenvalue weighted by molar-refractivity contribution is 0.0704. The van der Waals surface area contributed by atoms with E-state index in [2.05, 4.69) is 0 Å². The number of piperidine rings is 1. The first kappa shape index (κ1) is 15.8. The molecule has 0 aromatic heterocycles. The first-order valence-electron chi connectivity index (χ1n) is 6.49. The average Bonchev–Trinajstić information content (AvgIpc) is 2.39. The molecule has 106 valence electrons. The van der Waals surface area contributed by atoms with Gasteiger partial charge in [0, 0.05) is 19.1 Å².